The molecule has 2 aromatic rings. The van der Waals surface area contributed by atoms with Gasteiger partial charge in [-0.1, -0.05) is 6.07 Å². The van der Waals surface area contributed by atoms with Crippen molar-refractivity contribution < 1.29 is 13.2 Å². The van der Waals surface area contributed by atoms with Crippen LogP contribution < -0.4 is 5.32 Å². The Bertz CT molecular complexity index is 858. The molecule has 0 bridgehead atoms. The fourth-order valence-electron chi connectivity index (χ4n) is 2.86. The number of halogens is 1. The molecule has 1 aromatic carbocycles. The Morgan fingerprint density at radius 3 is 2.60 bits per heavy atom. The Hall–Kier alpha value is -0.970. The van der Waals surface area contributed by atoms with E-state index in [9.17, 15) is 13.2 Å². The number of thiophene rings is 1. The molecule has 1 amide bonds. The van der Waals surface area contributed by atoms with E-state index in [1.54, 1.807) is 17.5 Å². The van der Waals surface area contributed by atoms with Crippen LogP contribution in [0.2, 0.25) is 0 Å². The van der Waals surface area contributed by atoms with Crippen molar-refractivity contribution in [2.24, 2.45) is 5.92 Å². The van der Waals surface area contributed by atoms with Gasteiger partial charge in [0.1, 0.15) is 4.21 Å². The molecule has 1 fully saturated rings. The van der Waals surface area contributed by atoms with Gasteiger partial charge in [-0.15, -0.1) is 11.3 Å². The van der Waals surface area contributed by atoms with Crippen LogP contribution >= 0.6 is 33.9 Å². The first-order valence-corrected chi connectivity index (χ1v) is 11.4. The Morgan fingerprint density at radius 2 is 2.00 bits per heavy atom. The zero-order valence-electron chi connectivity index (χ0n) is 13.7. The number of benzene rings is 1. The van der Waals surface area contributed by atoms with Crippen LogP contribution in [0.4, 0.5) is 5.69 Å². The molecule has 0 aliphatic carbocycles. The summed E-state index contributed by atoms with van der Waals surface area (Å²) in [6.07, 6.45) is 1.08. The van der Waals surface area contributed by atoms with Gasteiger partial charge in [-0.3, -0.25) is 4.79 Å². The molecule has 1 aliphatic heterocycles. The number of sulfonamides is 1. The van der Waals surface area contributed by atoms with Crippen LogP contribution in [0.1, 0.15) is 18.4 Å². The summed E-state index contributed by atoms with van der Waals surface area (Å²) >= 11 is 3.48. The third-order valence-electron chi connectivity index (χ3n) is 4.34. The molecular weight excluding hydrogens is 471 g/mol. The number of rotatable bonds is 4. The molecule has 25 heavy (non-hydrogen) atoms. The maximum absolute atomic E-state index is 12.5. The fourth-order valence-corrected chi connectivity index (χ4v) is 5.81. The van der Waals surface area contributed by atoms with Gasteiger partial charge in [0.15, 0.2) is 0 Å². The molecule has 3 rings (SSSR count). The monoisotopic (exact) mass is 490 g/mol. The molecule has 0 atom stereocenters. The highest BCUT2D eigenvalue weighted by Crippen LogP contribution is 2.27. The van der Waals surface area contributed by atoms with Crippen molar-refractivity contribution >= 4 is 55.5 Å². The number of amides is 1. The Morgan fingerprint density at radius 1 is 1.28 bits per heavy atom. The molecule has 5 nitrogen and oxygen atoms in total. The molecule has 0 radical (unpaired) electrons. The zero-order valence-corrected chi connectivity index (χ0v) is 17.5. The van der Waals surface area contributed by atoms with Gasteiger partial charge in [0.05, 0.1) is 0 Å². The van der Waals surface area contributed by atoms with E-state index in [0.717, 1.165) is 14.8 Å². The average Bonchev–Trinajstić information content (AvgIpc) is 3.14. The molecule has 0 unspecified atom stereocenters. The summed E-state index contributed by atoms with van der Waals surface area (Å²) in [5.74, 6) is -0.192. The molecule has 8 heteroatoms. The molecule has 2 heterocycles. The predicted molar refractivity (Wildman–Crippen MR) is 108 cm³/mol. The van der Waals surface area contributed by atoms with Crippen molar-refractivity contribution in [3.63, 3.8) is 0 Å². The second-order valence-corrected chi connectivity index (χ2v) is 10.3. The van der Waals surface area contributed by atoms with E-state index in [2.05, 4.69) is 27.9 Å². The van der Waals surface area contributed by atoms with Crippen LogP contribution in [0.25, 0.3) is 0 Å². The second kappa shape index (κ2) is 7.73. The quantitative estimate of drug-likeness (QED) is 0.665. The van der Waals surface area contributed by atoms with Crippen LogP contribution in [-0.2, 0) is 14.8 Å². The summed E-state index contributed by atoms with van der Waals surface area (Å²) in [6, 6.07) is 9.18. The molecule has 134 valence electrons. The van der Waals surface area contributed by atoms with Gasteiger partial charge < -0.3 is 5.32 Å². The number of piperidine rings is 1. The lowest BCUT2D eigenvalue weighted by molar-refractivity contribution is -0.120. The van der Waals surface area contributed by atoms with Crippen molar-refractivity contribution in [2.75, 3.05) is 18.4 Å². The number of anilines is 1. The first-order chi connectivity index (χ1) is 11.9. The van der Waals surface area contributed by atoms with E-state index in [4.69, 9.17) is 0 Å². The highest BCUT2D eigenvalue weighted by Gasteiger charge is 2.32. The van der Waals surface area contributed by atoms with Gasteiger partial charge in [0, 0.05) is 28.3 Å². The summed E-state index contributed by atoms with van der Waals surface area (Å²) in [7, 11) is -3.42. The van der Waals surface area contributed by atoms with Gasteiger partial charge in [-0.2, -0.15) is 4.31 Å². The molecular formula is C17H19IN2O3S2. The number of aryl methyl sites for hydroxylation is 1. The molecule has 1 aromatic heterocycles. The third kappa shape index (κ3) is 4.24. The van der Waals surface area contributed by atoms with E-state index in [1.807, 2.05) is 25.1 Å². The van der Waals surface area contributed by atoms with E-state index in [-0.39, 0.29) is 11.8 Å². The Kier molecular flexibility index (Phi) is 5.81. The standard InChI is InChI=1S/C17H19IN2O3S2/c1-12-11-14(4-5-15(12)18)19-17(21)13-6-8-20(9-7-13)25(22,23)16-3-2-10-24-16/h2-5,10-11,13H,6-9H2,1H3,(H,19,21). The van der Waals surface area contributed by atoms with Gasteiger partial charge in [-0.05, 0) is 77.6 Å². The minimum atomic E-state index is -3.42. The summed E-state index contributed by atoms with van der Waals surface area (Å²) < 4.78 is 28.0. The number of nitrogens with one attached hydrogen (secondary N) is 1. The van der Waals surface area contributed by atoms with Gasteiger partial charge in [-0.25, -0.2) is 8.42 Å². The van der Waals surface area contributed by atoms with E-state index in [0.29, 0.717) is 30.1 Å². The number of nitrogens with zero attached hydrogens (tertiary/aromatic N) is 1. The maximum Gasteiger partial charge on any atom is 0.252 e. The van der Waals surface area contributed by atoms with Crippen molar-refractivity contribution in [3.8, 4) is 0 Å². The number of hydrogen-bond acceptors (Lipinski definition) is 4. The second-order valence-electron chi connectivity index (χ2n) is 6.06. The molecule has 1 N–H and O–H groups in total. The predicted octanol–water partition coefficient (Wildman–Crippen LogP) is 3.70. The van der Waals surface area contributed by atoms with Crippen LogP contribution in [0.3, 0.4) is 0 Å². The maximum atomic E-state index is 12.5. The SMILES string of the molecule is Cc1cc(NC(=O)C2CCN(S(=O)(=O)c3cccs3)CC2)ccc1I. The van der Waals surface area contributed by atoms with Crippen molar-refractivity contribution in [1.82, 2.24) is 4.31 Å². The lowest BCUT2D eigenvalue weighted by Crippen LogP contribution is -2.41. The normalized spacial score (nSPS) is 16.7. The molecule has 0 saturated carbocycles. The molecule has 1 saturated heterocycles. The highest BCUT2D eigenvalue weighted by molar-refractivity contribution is 14.1. The largest absolute Gasteiger partial charge is 0.326 e. The van der Waals surface area contributed by atoms with Gasteiger partial charge >= 0.3 is 0 Å². The van der Waals surface area contributed by atoms with Crippen LogP contribution in [0.5, 0.6) is 0 Å². The number of carbonyl (C=O) groups is 1. The summed E-state index contributed by atoms with van der Waals surface area (Å²) in [5, 5.41) is 4.71. The van der Waals surface area contributed by atoms with Crippen LogP contribution in [0, 0.1) is 16.4 Å². The Labute approximate surface area is 165 Å². The van der Waals surface area contributed by atoms with Gasteiger partial charge in [0.25, 0.3) is 10.0 Å². The minimum absolute atomic E-state index is 0.0335. The smallest absolute Gasteiger partial charge is 0.252 e. The Balaban J connectivity index is 1.60. The van der Waals surface area contributed by atoms with Gasteiger partial charge in [0.2, 0.25) is 5.91 Å². The van der Waals surface area contributed by atoms with E-state index >= 15 is 0 Å². The summed E-state index contributed by atoms with van der Waals surface area (Å²) in [5.41, 5.74) is 1.91. The number of hydrogen-bond donors (Lipinski definition) is 1. The van der Waals surface area contributed by atoms with Crippen LogP contribution in [0.15, 0.2) is 39.9 Å². The molecule has 1 aliphatic rings. The third-order valence-corrected chi connectivity index (χ3v) is 8.82. The number of carbonyl (C=O) groups excluding carboxylic acids is 1. The van der Waals surface area contributed by atoms with E-state index < -0.39 is 10.0 Å². The van der Waals surface area contributed by atoms with Crippen LogP contribution in [-0.4, -0.2) is 31.7 Å². The summed E-state index contributed by atoms with van der Waals surface area (Å²) in [4.78, 5) is 12.5. The highest BCUT2D eigenvalue weighted by atomic mass is 127. The average molecular weight is 490 g/mol. The van der Waals surface area contributed by atoms with Crippen molar-refractivity contribution in [1.29, 1.82) is 0 Å². The molecule has 0 spiro atoms. The first kappa shape index (κ1) is 18.8. The minimum Gasteiger partial charge on any atom is -0.326 e. The first-order valence-electron chi connectivity index (χ1n) is 7.98. The zero-order chi connectivity index (χ0) is 18.0. The van der Waals surface area contributed by atoms with E-state index in [1.165, 1.54) is 15.6 Å². The lowest BCUT2D eigenvalue weighted by Gasteiger charge is -2.30. The topological polar surface area (TPSA) is 66.5 Å². The fraction of sp³-hybridized carbons (Fsp3) is 0.353. The van der Waals surface area contributed by atoms with Crippen molar-refractivity contribution in [3.05, 3.63) is 44.8 Å². The summed E-state index contributed by atoms with van der Waals surface area (Å²) in [6.45, 7) is 2.76. The lowest BCUT2D eigenvalue weighted by atomic mass is 9.97. The van der Waals surface area contributed by atoms with Crippen molar-refractivity contribution in [2.45, 2.75) is 24.0 Å².